The maximum atomic E-state index is 12.6. The second kappa shape index (κ2) is 12.2. The van der Waals surface area contributed by atoms with E-state index in [0.717, 1.165) is 17.6 Å². The molecule has 0 atom stereocenters. The normalized spacial score (nSPS) is 11.4. The summed E-state index contributed by atoms with van der Waals surface area (Å²) in [5.41, 5.74) is 1.25. The number of hydrogen-bond acceptors (Lipinski definition) is 11. The smallest absolute Gasteiger partial charge is 0.268 e. The summed E-state index contributed by atoms with van der Waals surface area (Å²) < 4.78 is 45.3. The molecule has 3 rings (SSSR count). The van der Waals surface area contributed by atoms with Gasteiger partial charge in [0.1, 0.15) is 30.6 Å². The van der Waals surface area contributed by atoms with Gasteiger partial charge in [0.05, 0.1) is 14.2 Å². The molecule has 0 bridgehead atoms. The monoisotopic (exact) mass is 544 g/mol. The molecular weight excluding hydrogens is 520 g/mol. The fraction of sp³-hybridized carbons (Fsp3) is 0.250. The molecule has 1 amide bonds. The summed E-state index contributed by atoms with van der Waals surface area (Å²) in [6, 6.07) is 12.6. The number of sulfone groups is 1. The van der Waals surface area contributed by atoms with Gasteiger partial charge in [-0.2, -0.15) is 5.26 Å². The molecule has 2 aromatic carbocycles. The van der Waals surface area contributed by atoms with Gasteiger partial charge in [0.15, 0.2) is 11.5 Å². The number of benzene rings is 2. The molecule has 0 saturated carbocycles. The molecule has 3 aromatic rings. The van der Waals surface area contributed by atoms with Crippen molar-refractivity contribution in [2.75, 3.05) is 39.0 Å². The van der Waals surface area contributed by atoms with Crippen LogP contribution in [0.25, 0.3) is 6.08 Å². The maximum Gasteiger partial charge on any atom is 0.268 e. The van der Waals surface area contributed by atoms with Crippen molar-refractivity contribution in [1.82, 2.24) is 10.2 Å². The van der Waals surface area contributed by atoms with E-state index in [1.165, 1.54) is 20.3 Å². The van der Waals surface area contributed by atoms with Crippen molar-refractivity contribution >= 4 is 38.3 Å². The van der Waals surface area contributed by atoms with Crippen molar-refractivity contribution in [3.63, 3.8) is 0 Å². The number of ether oxygens (including phenoxy) is 4. The predicted octanol–water partition coefficient (Wildman–Crippen LogP) is 3.27. The van der Waals surface area contributed by atoms with Gasteiger partial charge in [0, 0.05) is 6.26 Å². The Morgan fingerprint density at radius 3 is 2.35 bits per heavy atom. The first-order chi connectivity index (χ1) is 17.6. The van der Waals surface area contributed by atoms with E-state index < -0.39 is 15.7 Å². The maximum absolute atomic E-state index is 12.6. The molecule has 37 heavy (non-hydrogen) atoms. The number of carbonyl (C=O) groups is 1. The van der Waals surface area contributed by atoms with Crippen molar-refractivity contribution in [2.24, 2.45) is 0 Å². The number of rotatable bonds is 11. The Morgan fingerprint density at radius 1 is 1.11 bits per heavy atom. The lowest BCUT2D eigenvalue weighted by Gasteiger charge is -2.16. The van der Waals surface area contributed by atoms with Gasteiger partial charge in [0.25, 0.3) is 5.91 Å². The van der Waals surface area contributed by atoms with Gasteiger partial charge in [-0.05, 0) is 48.4 Å². The molecule has 13 heteroatoms. The van der Waals surface area contributed by atoms with E-state index in [0.29, 0.717) is 34.1 Å². The molecule has 11 nitrogen and oxygen atoms in total. The minimum Gasteiger partial charge on any atom is -0.493 e. The van der Waals surface area contributed by atoms with E-state index >= 15 is 0 Å². The number of carbonyl (C=O) groups excluding carboxylic acids is 1. The summed E-state index contributed by atoms with van der Waals surface area (Å²) in [6.45, 7) is 2.46. The van der Waals surface area contributed by atoms with Crippen LogP contribution in [0, 0.1) is 18.3 Å². The number of anilines is 1. The lowest BCUT2D eigenvalue weighted by molar-refractivity contribution is -0.112. The number of aromatic nitrogens is 2. The number of methoxy groups -OCH3 is 2. The first-order valence-corrected chi connectivity index (χ1v) is 13.4. The van der Waals surface area contributed by atoms with Crippen LogP contribution in [0.3, 0.4) is 0 Å². The number of amides is 1. The van der Waals surface area contributed by atoms with Gasteiger partial charge in [-0.3, -0.25) is 10.1 Å². The fourth-order valence-corrected chi connectivity index (χ4v) is 4.53. The fourth-order valence-electron chi connectivity index (χ4n) is 3.02. The van der Waals surface area contributed by atoms with Gasteiger partial charge >= 0.3 is 0 Å². The minimum absolute atomic E-state index is 0.0571. The zero-order valence-corrected chi connectivity index (χ0v) is 22.1. The standard InChI is InChI=1S/C24H24N4O7S2/c1-15-6-5-7-18(10-15)34-8-9-35-21-19(32-2)12-16(13-20(21)33-3)11-17(14-25)22(29)26-23-27-28-24(36-23)37(4,30)31/h5-7,10-13H,8-9H2,1-4H3,(H,26,27,29). The highest BCUT2D eigenvalue weighted by molar-refractivity contribution is 7.92. The summed E-state index contributed by atoms with van der Waals surface area (Å²) in [5.74, 6) is 0.915. The third-order valence-electron chi connectivity index (χ3n) is 4.69. The summed E-state index contributed by atoms with van der Waals surface area (Å²) in [7, 11) is -0.671. The molecule has 0 spiro atoms. The Hall–Kier alpha value is -4.15. The van der Waals surface area contributed by atoms with Crippen molar-refractivity contribution < 1.29 is 32.2 Å². The average Bonchev–Trinajstić information content (AvgIpc) is 3.34. The van der Waals surface area contributed by atoms with Crippen LogP contribution in [0.15, 0.2) is 46.3 Å². The molecule has 1 heterocycles. The molecule has 0 aliphatic carbocycles. The Balaban J connectivity index is 1.75. The van der Waals surface area contributed by atoms with Crippen LogP contribution in [-0.2, 0) is 14.6 Å². The van der Waals surface area contributed by atoms with Crippen LogP contribution in [0.2, 0.25) is 0 Å². The van der Waals surface area contributed by atoms with E-state index in [2.05, 4.69) is 15.5 Å². The first-order valence-electron chi connectivity index (χ1n) is 10.7. The van der Waals surface area contributed by atoms with Crippen molar-refractivity contribution in [1.29, 1.82) is 5.26 Å². The molecule has 0 saturated heterocycles. The third kappa shape index (κ3) is 7.42. The van der Waals surface area contributed by atoms with Crippen molar-refractivity contribution in [3.8, 4) is 29.1 Å². The molecular formula is C24H24N4O7S2. The van der Waals surface area contributed by atoms with E-state index in [4.69, 9.17) is 18.9 Å². The van der Waals surface area contributed by atoms with Gasteiger partial charge in [-0.1, -0.05) is 23.5 Å². The first kappa shape index (κ1) is 27.4. The predicted molar refractivity (Wildman–Crippen MR) is 137 cm³/mol. The number of nitrogens with one attached hydrogen (secondary N) is 1. The highest BCUT2D eigenvalue weighted by atomic mass is 32.2. The average molecular weight is 545 g/mol. The molecule has 0 radical (unpaired) electrons. The van der Waals surface area contributed by atoms with Crippen LogP contribution in [0.1, 0.15) is 11.1 Å². The lowest BCUT2D eigenvalue weighted by Crippen LogP contribution is -2.13. The van der Waals surface area contributed by atoms with E-state index in [9.17, 15) is 18.5 Å². The number of hydrogen-bond donors (Lipinski definition) is 1. The second-order valence-corrected chi connectivity index (χ2v) is 10.7. The summed E-state index contributed by atoms with van der Waals surface area (Å²) >= 11 is 0.679. The number of nitrogens with zero attached hydrogens (tertiary/aromatic N) is 3. The van der Waals surface area contributed by atoms with E-state index in [1.807, 2.05) is 37.3 Å². The molecule has 1 N–H and O–H groups in total. The van der Waals surface area contributed by atoms with E-state index in [-0.39, 0.29) is 28.3 Å². The van der Waals surface area contributed by atoms with Crippen LogP contribution in [-0.4, -0.2) is 58.2 Å². The molecule has 1 aromatic heterocycles. The summed E-state index contributed by atoms with van der Waals surface area (Å²) in [4.78, 5) is 12.6. The van der Waals surface area contributed by atoms with Gasteiger partial charge < -0.3 is 18.9 Å². The molecule has 0 aliphatic rings. The topological polar surface area (TPSA) is 150 Å². The second-order valence-electron chi connectivity index (χ2n) is 7.54. The highest BCUT2D eigenvalue weighted by Gasteiger charge is 2.19. The quantitative estimate of drug-likeness (QED) is 0.165. The zero-order chi connectivity index (χ0) is 27.0. The Bertz CT molecular complexity index is 1430. The van der Waals surface area contributed by atoms with Gasteiger partial charge in [-0.15, -0.1) is 10.2 Å². The SMILES string of the molecule is COc1cc(C=C(C#N)C(=O)Nc2nnc(S(C)(=O)=O)s2)cc(OC)c1OCCOc1cccc(C)c1. The Labute approximate surface area is 218 Å². The van der Waals surface area contributed by atoms with Crippen molar-refractivity contribution in [2.45, 2.75) is 11.3 Å². The van der Waals surface area contributed by atoms with Crippen LogP contribution < -0.4 is 24.3 Å². The van der Waals surface area contributed by atoms with Crippen molar-refractivity contribution in [3.05, 3.63) is 53.1 Å². The summed E-state index contributed by atoms with van der Waals surface area (Å²) in [6.07, 6.45) is 2.30. The lowest BCUT2D eigenvalue weighted by atomic mass is 10.1. The number of nitriles is 1. The highest BCUT2D eigenvalue weighted by Crippen LogP contribution is 2.39. The molecule has 0 aliphatic heterocycles. The van der Waals surface area contributed by atoms with Crippen LogP contribution >= 0.6 is 11.3 Å². The molecule has 0 fully saturated rings. The molecule has 0 unspecified atom stereocenters. The van der Waals surface area contributed by atoms with Gasteiger partial charge in [-0.25, -0.2) is 8.42 Å². The molecule has 194 valence electrons. The third-order valence-corrected chi connectivity index (χ3v) is 7.20. The Morgan fingerprint density at radius 2 is 1.78 bits per heavy atom. The number of aryl methyl sites for hydroxylation is 1. The summed E-state index contributed by atoms with van der Waals surface area (Å²) in [5, 5.41) is 19.0. The Kier molecular flexibility index (Phi) is 9.05. The minimum atomic E-state index is -3.57. The van der Waals surface area contributed by atoms with Crippen LogP contribution in [0.5, 0.6) is 23.0 Å². The van der Waals surface area contributed by atoms with Gasteiger partial charge in [0.2, 0.25) is 25.1 Å². The largest absolute Gasteiger partial charge is 0.493 e. The van der Waals surface area contributed by atoms with E-state index in [1.54, 1.807) is 12.1 Å². The van der Waals surface area contributed by atoms with Crippen LogP contribution in [0.4, 0.5) is 5.13 Å². The zero-order valence-electron chi connectivity index (χ0n) is 20.5.